The van der Waals surface area contributed by atoms with Crippen molar-refractivity contribution < 1.29 is 13.9 Å². The number of nitrogens with one attached hydrogen (secondary N) is 1. The molecule has 1 aliphatic heterocycles. The van der Waals surface area contributed by atoms with Gasteiger partial charge in [0.25, 0.3) is 0 Å². The summed E-state index contributed by atoms with van der Waals surface area (Å²) in [5.74, 6) is 0.657. The molecule has 164 valence electrons. The van der Waals surface area contributed by atoms with Crippen LogP contribution in [-0.2, 0) is 11.3 Å². The van der Waals surface area contributed by atoms with E-state index in [4.69, 9.17) is 9.15 Å². The number of hydrogen-bond acceptors (Lipinski definition) is 5. The number of likely N-dealkylation sites (tertiary alicyclic amines) is 1. The number of aromatic nitrogens is 1. The summed E-state index contributed by atoms with van der Waals surface area (Å²) in [6.45, 7) is 5.30. The third kappa shape index (κ3) is 4.82. The average molecular weight is 424 g/mol. The Balaban J connectivity index is 1.26. The van der Waals surface area contributed by atoms with E-state index in [-0.39, 0.29) is 5.91 Å². The molecule has 1 N–H and O–H groups in total. The van der Waals surface area contributed by atoms with Gasteiger partial charge in [0.15, 0.2) is 5.58 Å². The summed E-state index contributed by atoms with van der Waals surface area (Å²) in [5.41, 5.74) is 2.41. The van der Waals surface area contributed by atoms with Crippen LogP contribution in [0.3, 0.4) is 0 Å². The van der Waals surface area contributed by atoms with Crippen molar-refractivity contribution in [3.63, 3.8) is 0 Å². The zero-order chi connectivity index (χ0) is 21.8. The van der Waals surface area contributed by atoms with Crippen LogP contribution in [0.1, 0.15) is 31.4 Å². The topological polar surface area (TPSA) is 76.7 Å². The van der Waals surface area contributed by atoms with Crippen molar-refractivity contribution in [3.8, 4) is 5.75 Å². The molecule has 3 aromatic rings. The number of benzene rings is 2. The van der Waals surface area contributed by atoms with Gasteiger partial charge in [-0.1, -0.05) is 24.3 Å². The molecule has 2 aromatic carbocycles. The van der Waals surface area contributed by atoms with Crippen molar-refractivity contribution in [2.24, 2.45) is 5.92 Å². The minimum Gasteiger partial charge on any atom is -0.497 e. The van der Waals surface area contributed by atoms with E-state index in [0.717, 1.165) is 38.2 Å². The SMILES string of the molecule is COc1ccc(CN2CCC(CNC(=O)C(C)n3c(=O)oc4ccccc43)CC2)cc1. The Kier molecular flexibility index (Phi) is 6.42. The van der Waals surface area contributed by atoms with Crippen LogP contribution in [0.15, 0.2) is 57.7 Å². The van der Waals surface area contributed by atoms with Crippen LogP contribution in [0.25, 0.3) is 11.1 Å². The number of para-hydroxylation sites is 2. The van der Waals surface area contributed by atoms with Crippen LogP contribution in [0.5, 0.6) is 5.75 Å². The average Bonchev–Trinajstić information content (AvgIpc) is 3.14. The summed E-state index contributed by atoms with van der Waals surface area (Å²) in [4.78, 5) is 27.4. The number of carbonyl (C=O) groups is 1. The Hall–Kier alpha value is -3.06. The largest absolute Gasteiger partial charge is 0.497 e. The second-order valence-corrected chi connectivity index (χ2v) is 8.19. The van der Waals surface area contributed by atoms with Gasteiger partial charge in [-0.3, -0.25) is 14.3 Å². The van der Waals surface area contributed by atoms with Gasteiger partial charge in [-0.15, -0.1) is 0 Å². The van der Waals surface area contributed by atoms with Crippen LogP contribution in [0.4, 0.5) is 0 Å². The second-order valence-electron chi connectivity index (χ2n) is 8.19. The molecule has 0 aliphatic carbocycles. The quantitative estimate of drug-likeness (QED) is 0.632. The first-order valence-corrected chi connectivity index (χ1v) is 10.8. The fraction of sp³-hybridized carbons (Fsp3) is 0.417. The number of carbonyl (C=O) groups excluding carboxylic acids is 1. The van der Waals surface area contributed by atoms with Gasteiger partial charge in [0.2, 0.25) is 5.91 Å². The highest BCUT2D eigenvalue weighted by atomic mass is 16.5. The Morgan fingerprint density at radius 3 is 2.58 bits per heavy atom. The Morgan fingerprint density at radius 2 is 1.87 bits per heavy atom. The van der Waals surface area contributed by atoms with Gasteiger partial charge in [0.05, 0.1) is 12.6 Å². The van der Waals surface area contributed by atoms with E-state index in [1.807, 2.05) is 18.2 Å². The highest BCUT2D eigenvalue weighted by Gasteiger charge is 2.24. The number of ether oxygens (including phenoxy) is 1. The fourth-order valence-electron chi connectivity index (χ4n) is 4.20. The number of hydrogen-bond donors (Lipinski definition) is 1. The molecule has 0 bridgehead atoms. The number of methoxy groups -OCH3 is 1. The van der Waals surface area contributed by atoms with Crippen LogP contribution in [0, 0.1) is 5.92 Å². The van der Waals surface area contributed by atoms with Crippen molar-refractivity contribution >= 4 is 17.0 Å². The maximum atomic E-state index is 12.7. The predicted octanol–water partition coefficient (Wildman–Crippen LogP) is 3.19. The van der Waals surface area contributed by atoms with Crippen molar-refractivity contribution in [2.45, 2.75) is 32.4 Å². The highest BCUT2D eigenvalue weighted by molar-refractivity contribution is 5.82. The lowest BCUT2D eigenvalue weighted by Gasteiger charge is -2.32. The fourth-order valence-corrected chi connectivity index (χ4v) is 4.20. The predicted molar refractivity (Wildman–Crippen MR) is 119 cm³/mol. The maximum absolute atomic E-state index is 12.7. The van der Waals surface area contributed by atoms with Gasteiger partial charge in [-0.2, -0.15) is 0 Å². The van der Waals surface area contributed by atoms with Crippen LogP contribution in [0.2, 0.25) is 0 Å². The van der Waals surface area contributed by atoms with Crippen LogP contribution >= 0.6 is 0 Å². The van der Waals surface area contributed by atoms with Gasteiger partial charge >= 0.3 is 5.76 Å². The van der Waals surface area contributed by atoms with E-state index in [1.54, 1.807) is 32.2 Å². The number of fused-ring (bicyclic) bond motifs is 1. The first-order chi connectivity index (χ1) is 15.0. The Bertz CT molecular complexity index is 1080. The van der Waals surface area contributed by atoms with Crippen molar-refractivity contribution in [2.75, 3.05) is 26.7 Å². The molecule has 1 unspecified atom stereocenters. The standard InChI is InChI=1S/C24H29N3O4/c1-17(27-21-5-3-4-6-22(21)31-24(27)29)23(28)25-15-18-11-13-26(14-12-18)16-19-7-9-20(30-2)10-8-19/h3-10,17-18H,11-16H2,1-2H3,(H,25,28). The summed E-state index contributed by atoms with van der Waals surface area (Å²) in [5, 5.41) is 3.04. The molecule has 1 amide bonds. The van der Waals surface area contributed by atoms with E-state index in [9.17, 15) is 9.59 Å². The van der Waals surface area contributed by atoms with E-state index < -0.39 is 11.8 Å². The lowest BCUT2D eigenvalue weighted by atomic mass is 9.96. The molecule has 1 saturated heterocycles. The van der Waals surface area contributed by atoms with E-state index >= 15 is 0 Å². The zero-order valence-electron chi connectivity index (χ0n) is 18.0. The van der Waals surface area contributed by atoms with E-state index in [2.05, 4.69) is 22.3 Å². The van der Waals surface area contributed by atoms with Gasteiger partial charge < -0.3 is 14.5 Å². The van der Waals surface area contributed by atoms with Crippen molar-refractivity contribution in [1.29, 1.82) is 0 Å². The number of oxazole rings is 1. The molecule has 1 fully saturated rings. The molecule has 0 spiro atoms. The smallest absolute Gasteiger partial charge is 0.420 e. The third-order valence-corrected chi connectivity index (χ3v) is 6.12. The number of rotatable bonds is 7. The molecule has 1 aliphatic rings. The minimum atomic E-state index is -0.619. The van der Waals surface area contributed by atoms with Gasteiger partial charge in [-0.05, 0) is 68.6 Å². The van der Waals surface area contributed by atoms with Crippen molar-refractivity contribution in [3.05, 3.63) is 64.6 Å². The van der Waals surface area contributed by atoms with Gasteiger partial charge in [0, 0.05) is 13.1 Å². The third-order valence-electron chi connectivity index (χ3n) is 6.12. The molecule has 0 saturated carbocycles. The van der Waals surface area contributed by atoms with Crippen molar-refractivity contribution in [1.82, 2.24) is 14.8 Å². The molecule has 7 heteroatoms. The molecule has 7 nitrogen and oxygen atoms in total. The maximum Gasteiger partial charge on any atom is 0.420 e. The number of amides is 1. The summed E-state index contributed by atoms with van der Waals surface area (Å²) < 4.78 is 11.9. The first-order valence-electron chi connectivity index (χ1n) is 10.8. The monoisotopic (exact) mass is 423 g/mol. The normalized spacial score (nSPS) is 16.3. The number of nitrogens with zero attached hydrogens (tertiary/aromatic N) is 2. The van der Waals surface area contributed by atoms with E-state index in [0.29, 0.717) is 23.6 Å². The molecule has 31 heavy (non-hydrogen) atoms. The Labute approximate surface area is 181 Å². The lowest BCUT2D eigenvalue weighted by Crippen LogP contribution is -2.40. The molecule has 1 atom stereocenters. The summed E-state index contributed by atoms with van der Waals surface area (Å²) in [6, 6.07) is 14.7. The summed E-state index contributed by atoms with van der Waals surface area (Å²) in [7, 11) is 1.68. The van der Waals surface area contributed by atoms with E-state index in [1.165, 1.54) is 10.1 Å². The zero-order valence-corrected chi connectivity index (χ0v) is 18.0. The second kappa shape index (κ2) is 9.39. The first kappa shape index (κ1) is 21.2. The van der Waals surface area contributed by atoms with Gasteiger partial charge in [-0.25, -0.2) is 4.79 Å². The number of piperidine rings is 1. The molecule has 1 aromatic heterocycles. The summed E-state index contributed by atoms with van der Waals surface area (Å²) in [6.07, 6.45) is 2.08. The van der Waals surface area contributed by atoms with Crippen LogP contribution < -0.4 is 15.8 Å². The minimum absolute atomic E-state index is 0.158. The Morgan fingerprint density at radius 1 is 1.16 bits per heavy atom. The van der Waals surface area contributed by atoms with Crippen LogP contribution in [-0.4, -0.2) is 42.1 Å². The lowest BCUT2D eigenvalue weighted by molar-refractivity contribution is -0.124. The molecular formula is C24H29N3O4. The molecule has 2 heterocycles. The molecule has 4 rings (SSSR count). The molecular weight excluding hydrogens is 394 g/mol. The molecule has 0 radical (unpaired) electrons. The summed E-state index contributed by atoms with van der Waals surface area (Å²) >= 11 is 0. The van der Waals surface area contributed by atoms with Gasteiger partial charge in [0.1, 0.15) is 11.8 Å². The highest BCUT2D eigenvalue weighted by Crippen LogP contribution is 2.21.